The van der Waals surface area contributed by atoms with Crippen LogP contribution in [0.2, 0.25) is 0 Å². The summed E-state index contributed by atoms with van der Waals surface area (Å²) in [5, 5.41) is 15.7. The fourth-order valence-electron chi connectivity index (χ4n) is 2.22. The van der Waals surface area contributed by atoms with Crippen LogP contribution in [0, 0.1) is 6.92 Å². The number of anilines is 1. The van der Waals surface area contributed by atoms with E-state index in [2.05, 4.69) is 10.6 Å². The first-order valence-corrected chi connectivity index (χ1v) is 7.92. The average Bonchev–Trinajstić information content (AvgIpc) is 2.59. The van der Waals surface area contributed by atoms with E-state index >= 15 is 0 Å². The Morgan fingerprint density at radius 1 is 0.960 bits per heavy atom. The standard InChI is InChI=1S/C19H20N2O4/c1-13-8-10-14(11-9-13)18(24)21-16-6-3-2-5-15(16)19(25)20-12-4-7-17(22)23/h2-3,5-6,8-11H,4,7,12H2,1H3,(H,20,25)(H,21,24)(H,22,23)/p-1. The van der Waals surface area contributed by atoms with Gasteiger partial charge in [-0.05, 0) is 44.0 Å². The number of carbonyl (C=O) groups excluding carboxylic acids is 3. The summed E-state index contributed by atoms with van der Waals surface area (Å²) in [6.07, 6.45) is 0.165. The third-order valence-corrected chi connectivity index (χ3v) is 3.58. The smallest absolute Gasteiger partial charge is 0.255 e. The normalized spacial score (nSPS) is 10.1. The summed E-state index contributed by atoms with van der Waals surface area (Å²) in [6.45, 7) is 2.15. The molecule has 0 radical (unpaired) electrons. The van der Waals surface area contributed by atoms with Crippen molar-refractivity contribution in [3.05, 3.63) is 65.2 Å². The molecule has 0 heterocycles. The molecule has 0 atom stereocenters. The van der Waals surface area contributed by atoms with Crippen molar-refractivity contribution < 1.29 is 19.5 Å². The molecule has 0 spiro atoms. The molecule has 2 aromatic carbocycles. The molecule has 0 fully saturated rings. The first kappa shape index (κ1) is 18.2. The van der Waals surface area contributed by atoms with Crippen molar-refractivity contribution in [2.24, 2.45) is 0 Å². The molecule has 0 unspecified atom stereocenters. The molecule has 0 aliphatic rings. The third-order valence-electron chi connectivity index (χ3n) is 3.58. The number of benzene rings is 2. The van der Waals surface area contributed by atoms with E-state index in [4.69, 9.17) is 0 Å². The van der Waals surface area contributed by atoms with E-state index in [-0.39, 0.29) is 31.2 Å². The molecular formula is C19H19N2O4-. The Labute approximate surface area is 145 Å². The second-order valence-corrected chi connectivity index (χ2v) is 5.60. The SMILES string of the molecule is Cc1ccc(C(=O)Nc2ccccc2C(=O)NCCCC(=O)[O-])cc1. The molecule has 0 bridgehead atoms. The highest BCUT2D eigenvalue weighted by Crippen LogP contribution is 2.16. The predicted octanol–water partition coefficient (Wildman–Crippen LogP) is 1.51. The van der Waals surface area contributed by atoms with Gasteiger partial charge in [-0.15, -0.1) is 0 Å². The molecular weight excluding hydrogens is 320 g/mol. The third kappa shape index (κ3) is 5.46. The molecule has 6 heteroatoms. The van der Waals surface area contributed by atoms with Crippen molar-refractivity contribution in [3.63, 3.8) is 0 Å². The van der Waals surface area contributed by atoms with Gasteiger partial charge in [0.25, 0.3) is 11.8 Å². The number of carboxylic acids is 1. The summed E-state index contributed by atoms with van der Waals surface area (Å²) < 4.78 is 0. The van der Waals surface area contributed by atoms with Gasteiger partial charge in [0.2, 0.25) is 0 Å². The summed E-state index contributed by atoms with van der Waals surface area (Å²) in [6, 6.07) is 13.8. The zero-order valence-electron chi connectivity index (χ0n) is 13.9. The van der Waals surface area contributed by atoms with E-state index in [0.29, 0.717) is 16.8 Å². The Morgan fingerprint density at radius 3 is 2.32 bits per heavy atom. The van der Waals surface area contributed by atoms with Gasteiger partial charge >= 0.3 is 0 Å². The minimum Gasteiger partial charge on any atom is -0.550 e. The van der Waals surface area contributed by atoms with Gasteiger partial charge in [-0.3, -0.25) is 9.59 Å². The minimum atomic E-state index is -1.15. The van der Waals surface area contributed by atoms with Gasteiger partial charge in [-0.2, -0.15) is 0 Å². The molecule has 2 N–H and O–H groups in total. The zero-order chi connectivity index (χ0) is 18.2. The molecule has 25 heavy (non-hydrogen) atoms. The lowest BCUT2D eigenvalue weighted by Gasteiger charge is -2.12. The van der Waals surface area contributed by atoms with Crippen LogP contribution in [0.4, 0.5) is 5.69 Å². The number of amides is 2. The van der Waals surface area contributed by atoms with Crippen LogP contribution in [0.25, 0.3) is 0 Å². The summed E-state index contributed by atoms with van der Waals surface area (Å²) in [5.41, 5.74) is 2.25. The number of carbonyl (C=O) groups is 3. The van der Waals surface area contributed by atoms with Crippen molar-refractivity contribution in [1.29, 1.82) is 0 Å². The monoisotopic (exact) mass is 339 g/mol. The van der Waals surface area contributed by atoms with Gasteiger partial charge in [-0.25, -0.2) is 0 Å². The fraction of sp³-hybridized carbons (Fsp3) is 0.211. The lowest BCUT2D eigenvalue weighted by Crippen LogP contribution is -2.28. The second kappa shape index (κ2) is 8.63. The van der Waals surface area contributed by atoms with Crippen molar-refractivity contribution in [1.82, 2.24) is 5.32 Å². The van der Waals surface area contributed by atoms with Gasteiger partial charge in [0.15, 0.2) is 0 Å². The highest BCUT2D eigenvalue weighted by molar-refractivity contribution is 6.09. The summed E-state index contributed by atoms with van der Waals surface area (Å²) in [5.74, 6) is -1.84. The molecule has 6 nitrogen and oxygen atoms in total. The Hall–Kier alpha value is -3.15. The summed E-state index contributed by atoms with van der Waals surface area (Å²) in [7, 11) is 0. The van der Waals surface area contributed by atoms with Crippen LogP contribution in [0.15, 0.2) is 48.5 Å². The molecule has 2 amide bonds. The Kier molecular flexibility index (Phi) is 6.28. The molecule has 0 saturated carbocycles. The maximum atomic E-state index is 12.3. The highest BCUT2D eigenvalue weighted by atomic mass is 16.4. The second-order valence-electron chi connectivity index (χ2n) is 5.60. The Bertz CT molecular complexity index is 769. The zero-order valence-corrected chi connectivity index (χ0v) is 13.9. The number of hydrogen-bond donors (Lipinski definition) is 2. The van der Waals surface area contributed by atoms with E-state index in [1.807, 2.05) is 19.1 Å². The van der Waals surface area contributed by atoms with Crippen LogP contribution in [0.1, 0.15) is 39.1 Å². The van der Waals surface area contributed by atoms with Crippen molar-refractivity contribution in [3.8, 4) is 0 Å². The maximum Gasteiger partial charge on any atom is 0.255 e. The highest BCUT2D eigenvalue weighted by Gasteiger charge is 2.13. The average molecular weight is 339 g/mol. The quantitative estimate of drug-likeness (QED) is 0.747. The lowest BCUT2D eigenvalue weighted by molar-refractivity contribution is -0.305. The van der Waals surface area contributed by atoms with Crippen LogP contribution >= 0.6 is 0 Å². The largest absolute Gasteiger partial charge is 0.550 e. The van der Waals surface area contributed by atoms with Crippen molar-refractivity contribution in [2.75, 3.05) is 11.9 Å². The van der Waals surface area contributed by atoms with Crippen LogP contribution in [-0.4, -0.2) is 24.3 Å². The molecule has 2 rings (SSSR count). The molecule has 2 aromatic rings. The number of para-hydroxylation sites is 1. The number of carboxylic acid groups (broad SMARTS) is 1. The maximum absolute atomic E-state index is 12.3. The predicted molar refractivity (Wildman–Crippen MR) is 92.1 cm³/mol. The van der Waals surface area contributed by atoms with Crippen molar-refractivity contribution >= 4 is 23.5 Å². The van der Waals surface area contributed by atoms with E-state index < -0.39 is 5.97 Å². The number of nitrogens with one attached hydrogen (secondary N) is 2. The summed E-state index contributed by atoms with van der Waals surface area (Å²) in [4.78, 5) is 34.9. The number of aryl methyl sites for hydroxylation is 1. The minimum absolute atomic E-state index is 0.119. The van der Waals surface area contributed by atoms with Crippen LogP contribution in [0.5, 0.6) is 0 Å². The van der Waals surface area contributed by atoms with Crippen LogP contribution in [0.3, 0.4) is 0 Å². The molecule has 0 saturated heterocycles. The molecule has 130 valence electrons. The van der Waals surface area contributed by atoms with Crippen molar-refractivity contribution in [2.45, 2.75) is 19.8 Å². The topological polar surface area (TPSA) is 98.3 Å². The Morgan fingerprint density at radius 2 is 1.64 bits per heavy atom. The van der Waals surface area contributed by atoms with Gasteiger partial charge < -0.3 is 20.5 Å². The number of rotatable bonds is 7. The first-order valence-electron chi connectivity index (χ1n) is 7.92. The molecule has 0 aromatic heterocycles. The van der Waals surface area contributed by atoms with E-state index in [1.165, 1.54) is 0 Å². The molecule has 0 aliphatic carbocycles. The van der Waals surface area contributed by atoms with Gasteiger partial charge in [0, 0.05) is 18.1 Å². The Balaban J connectivity index is 2.04. The van der Waals surface area contributed by atoms with E-state index in [9.17, 15) is 19.5 Å². The first-order chi connectivity index (χ1) is 12.0. The van der Waals surface area contributed by atoms with Crippen LogP contribution in [-0.2, 0) is 4.79 Å². The van der Waals surface area contributed by atoms with E-state index in [0.717, 1.165) is 5.56 Å². The fourth-order valence-corrected chi connectivity index (χ4v) is 2.22. The number of aliphatic carboxylic acids is 1. The van der Waals surface area contributed by atoms with Crippen LogP contribution < -0.4 is 15.7 Å². The van der Waals surface area contributed by atoms with Gasteiger partial charge in [0.05, 0.1) is 11.3 Å². The van der Waals surface area contributed by atoms with Gasteiger partial charge in [0.1, 0.15) is 0 Å². The lowest BCUT2D eigenvalue weighted by atomic mass is 10.1. The molecule has 0 aliphatic heterocycles. The number of hydrogen-bond acceptors (Lipinski definition) is 4. The van der Waals surface area contributed by atoms with E-state index in [1.54, 1.807) is 36.4 Å². The summed E-state index contributed by atoms with van der Waals surface area (Å²) >= 11 is 0. The van der Waals surface area contributed by atoms with Gasteiger partial charge in [-0.1, -0.05) is 29.8 Å².